The number of hydroxylamine groups is 6. The minimum Gasteiger partial charge on any atom is -0.395 e. The zero-order valence-electron chi connectivity index (χ0n) is 44.5. The zero-order valence-corrected chi connectivity index (χ0v) is 44.5. The normalized spacial score (nSPS) is 23.9. The third kappa shape index (κ3) is 16.6. The molecule has 65 heavy (non-hydrogen) atoms. The lowest BCUT2D eigenvalue weighted by atomic mass is 9.71. The average Bonchev–Trinajstić information content (AvgIpc) is 3.10. The van der Waals surface area contributed by atoms with Crippen LogP contribution in [-0.4, -0.2) is 147 Å². The fourth-order valence-electron chi connectivity index (χ4n) is 11.7. The summed E-state index contributed by atoms with van der Waals surface area (Å²) in [7, 11) is 1.70. The van der Waals surface area contributed by atoms with Crippen LogP contribution in [0.5, 0.6) is 0 Å². The van der Waals surface area contributed by atoms with Crippen LogP contribution in [0.4, 0.5) is 17.8 Å². The topological polar surface area (TPSA) is 193 Å². The highest BCUT2D eigenvalue weighted by Crippen LogP contribution is 2.46. The molecule has 2 unspecified atom stereocenters. The fraction of sp³-hybridized carbons (Fsp3) is 0.939. The van der Waals surface area contributed by atoms with Gasteiger partial charge in [0.05, 0.1) is 44.2 Å². The molecule has 16 heteroatoms. The first kappa shape index (κ1) is 57.3. The maximum atomic E-state index is 10.4. The summed E-state index contributed by atoms with van der Waals surface area (Å²) in [6.45, 7) is 38.4. The number of nitrogens with one attached hydrogen (secondary N) is 3. The van der Waals surface area contributed by atoms with Gasteiger partial charge in [-0.25, -0.2) is 0 Å². The number of piperidine rings is 3. The van der Waals surface area contributed by atoms with Gasteiger partial charge in [0.1, 0.15) is 0 Å². The Hall–Kier alpha value is -1.99. The van der Waals surface area contributed by atoms with Crippen molar-refractivity contribution in [2.75, 3.05) is 49.4 Å². The van der Waals surface area contributed by atoms with Gasteiger partial charge in [-0.2, -0.15) is 30.1 Å². The molecule has 0 saturated carbocycles. The molecule has 3 saturated heterocycles. The van der Waals surface area contributed by atoms with Crippen LogP contribution in [0.1, 0.15) is 189 Å². The minimum atomic E-state index is -0.923. The summed E-state index contributed by atoms with van der Waals surface area (Å²) in [6.07, 6.45) is 8.82. The largest absolute Gasteiger partial charge is 0.395 e. The zero-order chi connectivity index (χ0) is 49.6. The molecule has 3 aliphatic rings. The molecule has 1 aromatic heterocycles. The molecule has 2 atom stereocenters. The lowest BCUT2D eigenvalue weighted by Crippen LogP contribution is -2.62. The van der Waals surface area contributed by atoms with Crippen LogP contribution in [0.25, 0.3) is 0 Å². The third-order valence-corrected chi connectivity index (χ3v) is 13.1. The second kappa shape index (κ2) is 22.2. The van der Waals surface area contributed by atoms with E-state index in [-0.39, 0.29) is 71.2 Å². The van der Waals surface area contributed by atoms with Crippen molar-refractivity contribution in [3.05, 3.63) is 0 Å². The third-order valence-electron chi connectivity index (χ3n) is 13.1. The van der Waals surface area contributed by atoms with Crippen molar-refractivity contribution in [3.63, 3.8) is 0 Å². The van der Waals surface area contributed by atoms with E-state index in [4.69, 9.17) is 29.5 Å². The summed E-state index contributed by atoms with van der Waals surface area (Å²) in [6, 6.07) is 0.226. The number of hydrogen-bond donors (Lipinski definition) is 7. The van der Waals surface area contributed by atoms with E-state index in [1.807, 2.05) is 5.06 Å². The summed E-state index contributed by atoms with van der Waals surface area (Å²) >= 11 is 0. The molecule has 0 spiro atoms. The van der Waals surface area contributed by atoms with E-state index in [0.717, 1.165) is 64.2 Å². The van der Waals surface area contributed by atoms with Gasteiger partial charge in [-0.15, -0.1) is 0 Å². The minimum absolute atomic E-state index is 0.0370. The molecule has 3 aliphatic heterocycles. The molecular weight excluding hydrogens is 827 g/mol. The van der Waals surface area contributed by atoms with Crippen molar-refractivity contribution in [1.82, 2.24) is 30.1 Å². The molecule has 7 N–H and O–H groups in total. The van der Waals surface area contributed by atoms with Gasteiger partial charge in [0.2, 0.25) is 17.8 Å². The molecule has 0 aliphatic carbocycles. The summed E-state index contributed by atoms with van der Waals surface area (Å²) in [4.78, 5) is 32.5. The van der Waals surface area contributed by atoms with Crippen molar-refractivity contribution >= 4 is 17.8 Å². The molecule has 4 heterocycles. The quantitative estimate of drug-likeness (QED) is 0.0666. The van der Waals surface area contributed by atoms with E-state index in [0.29, 0.717) is 36.2 Å². The lowest BCUT2D eigenvalue weighted by Gasteiger charge is -2.55. The van der Waals surface area contributed by atoms with Crippen LogP contribution in [0.15, 0.2) is 0 Å². The number of aromatic nitrogens is 3. The van der Waals surface area contributed by atoms with E-state index in [9.17, 15) is 20.4 Å². The average molecular weight is 924 g/mol. The smallest absolute Gasteiger partial charge is 0.229 e. The van der Waals surface area contributed by atoms with E-state index in [2.05, 4.69) is 123 Å². The highest BCUT2D eigenvalue weighted by atomic mass is 16.7. The van der Waals surface area contributed by atoms with Crippen molar-refractivity contribution < 1.29 is 34.9 Å². The van der Waals surface area contributed by atoms with Gasteiger partial charge < -0.3 is 41.2 Å². The van der Waals surface area contributed by atoms with Gasteiger partial charge >= 0.3 is 0 Å². The van der Waals surface area contributed by atoms with Gasteiger partial charge in [0.15, 0.2) is 0 Å². The Balaban J connectivity index is 0.000000738. The standard InChI is InChI=1S/C39H76N8O5.C10H21NO2/c1-15-17-29(27-21-34(3,4)46(35(5,6)22-27)51-25-38(11,12)49)41-32-43-31(40-19-20-48)44-33(45-32)42-30(18-16-2)28-23-36(7,8)47(37(9,10)24-28)52-26-39(13,14)50;1-9(2)6-8(12)7-10(3,4)11(9)13-5/h27-30,48-50H,15-26H2,1-14H3,(H3,40,41,42,43,44,45);8,12H,6-7H2,1-5H3. The van der Waals surface area contributed by atoms with Gasteiger partial charge in [-0.1, -0.05) is 26.7 Å². The van der Waals surface area contributed by atoms with Crippen LogP contribution < -0.4 is 16.0 Å². The number of aliphatic hydroxyl groups is 4. The first-order chi connectivity index (χ1) is 29.6. The molecule has 4 rings (SSSR count). The first-order valence-corrected chi connectivity index (χ1v) is 24.6. The Kier molecular flexibility index (Phi) is 19.6. The van der Waals surface area contributed by atoms with Gasteiger partial charge in [0, 0.05) is 51.9 Å². The number of hydrogen-bond acceptors (Lipinski definition) is 16. The van der Waals surface area contributed by atoms with Crippen LogP contribution in [0.2, 0.25) is 0 Å². The van der Waals surface area contributed by atoms with Crippen molar-refractivity contribution in [2.45, 2.75) is 251 Å². The first-order valence-electron chi connectivity index (χ1n) is 24.6. The second-order valence-electron chi connectivity index (χ2n) is 24.5. The highest BCUT2D eigenvalue weighted by molar-refractivity contribution is 5.43. The Morgan fingerprint density at radius 3 is 1.20 bits per heavy atom. The molecule has 0 aromatic carbocycles. The second-order valence-corrected chi connectivity index (χ2v) is 24.5. The van der Waals surface area contributed by atoms with E-state index < -0.39 is 11.2 Å². The van der Waals surface area contributed by atoms with E-state index in [1.165, 1.54) is 0 Å². The van der Waals surface area contributed by atoms with Crippen LogP contribution in [0, 0.1) is 11.8 Å². The number of nitrogens with zero attached hydrogens (tertiary/aromatic N) is 6. The summed E-state index contributed by atoms with van der Waals surface area (Å²) in [5.41, 5.74) is -3.10. The van der Waals surface area contributed by atoms with E-state index in [1.54, 1.807) is 34.8 Å². The Morgan fingerprint density at radius 2 is 0.908 bits per heavy atom. The maximum Gasteiger partial charge on any atom is 0.229 e. The molecule has 0 radical (unpaired) electrons. The molecular formula is C49H97N9O7. The predicted octanol–water partition coefficient (Wildman–Crippen LogP) is 7.94. The molecule has 16 nitrogen and oxygen atoms in total. The molecule has 3 fully saturated rings. The lowest BCUT2D eigenvalue weighted by molar-refractivity contribution is -0.303. The van der Waals surface area contributed by atoms with Gasteiger partial charge in [-0.3, -0.25) is 9.68 Å². The maximum absolute atomic E-state index is 10.4. The van der Waals surface area contributed by atoms with Crippen LogP contribution in [0.3, 0.4) is 0 Å². The fourth-order valence-corrected chi connectivity index (χ4v) is 11.7. The van der Waals surface area contributed by atoms with Gasteiger partial charge in [0.25, 0.3) is 0 Å². The summed E-state index contributed by atoms with van der Waals surface area (Å²) in [5.74, 6) is 2.08. The summed E-state index contributed by atoms with van der Waals surface area (Å²) in [5, 5.41) is 57.0. The number of aliphatic hydroxyl groups excluding tert-OH is 2. The number of rotatable bonds is 20. The molecule has 1 aromatic rings. The molecule has 0 amide bonds. The van der Waals surface area contributed by atoms with Gasteiger partial charge in [-0.05, 0) is 174 Å². The molecule has 380 valence electrons. The highest BCUT2D eigenvalue weighted by Gasteiger charge is 2.51. The predicted molar refractivity (Wildman–Crippen MR) is 262 cm³/mol. The summed E-state index contributed by atoms with van der Waals surface area (Å²) < 4.78 is 0. The van der Waals surface area contributed by atoms with Crippen molar-refractivity contribution in [2.24, 2.45) is 11.8 Å². The Morgan fingerprint density at radius 1 is 0.585 bits per heavy atom. The Labute approximate surface area is 394 Å². The number of anilines is 3. The monoisotopic (exact) mass is 924 g/mol. The van der Waals surface area contributed by atoms with Crippen LogP contribution in [-0.2, 0) is 14.5 Å². The SMILES string of the molecule is CCCC(Nc1nc(NCCO)nc(NC(CCC)C2CC(C)(C)N(OCC(C)(C)O)C(C)(C)C2)n1)C1CC(C)(C)N(OCC(C)(C)O)C(C)(C)C1.CON1C(C)(C)CC(O)CC1(C)C. The van der Waals surface area contributed by atoms with Crippen molar-refractivity contribution in [1.29, 1.82) is 0 Å². The van der Waals surface area contributed by atoms with E-state index >= 15 is 0 Å². The molecule has 0 bridgehead atoms. The Bertz CT molecular complexity index is 1470. The van der Waals surface area contributed by atoms with Crippen molar-refractivity contribution in [3.8, 4) is 0 Å². The van der Waals surface area contributed by atoms with Crippen LogP contribution >= 0.6 is 0 Å².